The van der Waals surface area contributed by atoms with Gasteiger partial charge in [0.25, 0.3) is 0 Å². The first-order chi connectivity index (χ1) is 10.2. The van der Waals surface area contributed by atoms with E-state index < -0.39 is 21.7 Å². The summed E-state index contributed by atoms with van der Waals surface area (Å²) < 4.78 is 42.2. The number of amides is 1. The van der Waals surface area contributed by atoms with Gasteiger partial charge >= 0.3 is 0 Å². The Bertz CT molecular complexity index is 624. The average Bonchev–Trinajstić information content (AvgIpc) is 2.41. The standard InChI is InChI=1S/C13H18ClFN2O4S/c1-21-7-3-6-17(22(2,19)20)9-13(18)16-10-4-5-12(15)11(14)8-10/h4-5,8H,3,6-7,9H2,1-2H3,(H,16,18). The first kappa shape index (κ1) is 18.8. The second-order valence-electron chi connectivity index (χ2n) is 4.62. The van der Waals surface area contributed by atoms with E-state index in [1.54, 1.807) is 0 Å². The highest BCUT2D eigenvalue weighted by atomic mass is 35.5. The lowest BCUT2D eigenvalue weighted by Gasteiger charge is -2.19. The van der Waals surface area contributed by atoms with Crippen molar-refractivity contribution in [1.29, 1.82) is 0 Å². The predicted molar refractivity (Wildman–Crippen MR) is 82.9 cm³/mol. The van der Waals surface area contributed by atoms with Gasteiger partial charge < -0.3 is 10.1 Å². The molecule has 0 unspecified atom stereocenters. The zero-order valence-corrected chi connectivity index (χ0v) is 13.9. The quantitative estimate of drug-likeness (QED) is 0.723. The molecule has 0 aromatic heterocycles. The molecule has 0 saturated carbocycles. The number of carbonyl (C=O) groups is 1. The van der Waals surface area contributed by atoms with Crippen LogP contribution in [0.25, 0.3) is 0 Å². The predicted octanol–water partition coefficient (Wildman–Crippen LogP) is 1.72. The fourth-order valence-electron chi connectivity index (χ4n) is 1.68. The fourth-order valence-corrected chi connectivity index (χ4v) is 2.67. The summed E-state index contributed by atoms with van der Waals surface area (Å²) >= 11 is 5.61. The first-order valence-electron chi connectivity index (χ1n) is 6.43. The molecular formula is C13H18ClFN2O4S. The Hall–Kier alpha value is -1.22. The minimum absolute atomic E-state index is 0.127. The van der Waals surface area contributed by atoms with Gasteiger partial charge in [-0.15, -0.1) is 0 Å². The van der Waals surface area contributed by atoms with E-state index in [4.69, 9.17) is 16.3 Å². The molecule has 1 rings (SSSR count). The molecule has 124 valence electrons. The highest BCUT2D eigenvalue weighted by Gasteiger charge is 2.19. The molecule has 0 fully saturated rings. The van der Waals surface area contributed by atoms with E-state index in [1.165, 1.54) is 19.2 Å². The summed E-state index contributed by atoms with van der Waals surface area (Å²) in [5.41, 5.74) is 0.293. The number of hydrogen-bond donors (Lipinski definition) is 1. The maximum atomic E-state index is 13.0. The van der Waals surface area contributed by atoms with Crippen molar-refractivity contribution >= 4 is 33.2 Å². The molecule has 0 saturated heterocycles. The smallest absolute Gasteiger partial charge is 0.239 e. The molecule has 0 radical (unpaired) electrons. The van der Waals surface area contributed by atoms with Crippen LogP contribution in [0.2, 0.25) is 5.02 Å². The normalized spacial score (nSPS) is 11.7. The van der Waals surface area contributed by atoms with Gasteiger partial charge in [0.2, 0.25) is 15.9 Å². The Morgan fingerprint density at radius 1 is 1.45 bits per heavy atom. The highest BCUT2D eigenvalue weighted by Crippen LogP contribution is 2.19. The van der Waals surface area contributed by atoms with Gasteiger partial charge in [-0.05, 0) is 24.6 Å². The molecular weight excluding hydrogens is 335 g/mol. The average molecular weight is 353 g/mol. The monoisotopic (exact) mass is 352 g/mol. The number of rotatable bonds is 8. The summed E-state index contributed by atoms with van der Waals surface area (Å²) in [6.45, 7) is 0.225. The molecule has 9 heteroatoms. The number of nitrogens with one attached hydrogen (secondary N) is 1. The summed E-state index contributed by atoms with van der Waals surface area (Å²) in [5.74, 6) is -1.14. The molecule has 0 heterocycles. The largest absolute Gasteiger partial charge is 0.385 e. The van der Waals surface area contributed by atoms with Crippen LogP contribution in [0.1, 0.15) is 6.42 Å². The highest BCUT2D eigenvalue weighted by molar-refractivity contribution is 7.88. The Morgan fingerprint density at radius 2 is 2.14 bits per heavy atom. The van der Waals surface area contributed by atoms with Crippen molar-refractivity contribution in [2.75, 3.05) is 38.4 Å². The van der Waals surface area contributed by atoms with Gasteiger partial charge in [0.1, 0.15) is 5.82 Å². The number of sulfonamides is 1. The molecule has 1 N–H and O–H groups in total. The number of nitrogens with zero attached hydrogens (tertiary/aromatic N) is 1. The summed E-state index contributed by atoms with van der Waals surface area (Å²) in [7, 11) is -2.01. The van der Waals surface area contributed by atoms with Crippen molar-refractivity contribution < 1.29 is 22.3 Å². The van der Waals surface area contributed by atoms with Crippen LogP contribution in [0.5, 0.6) is 0 Å². The minimum Gasteiger partial charge on any atom is -0.385 e. The second kappa shape index (κ2) is 8.42. The lowest BCUT2D eigenvalue weighted by atomic mass is 10.3. The Balaban J connectivity index is 2.68. The van der Waals surface area contributed by atoms with E-state index in [9.17, 15) is 17.6 Å². The Labute approximate surface area is 134 Å². The van der Waals surface area contributed by atoms with Gasteiger partial charge in [-0.1, -0.05) is 11.6 Å². The third-order valence-corrected chi connectivity index (χ3v) is 4.29. The van der Waals surface area contributed by atoms with Crippen LogP contribution in [0.4, 0.5) is 10.1 Å². The number of benzene rings is 1. The van der Waals surface area contributed by atoms with Crippen molar-refractivity contribution in [3.63, 3.8) is 0 Å². The lowest BCUT2D eigenvalue weighted by Crippen LogP contribution is -2.38. The molecule has 0 aliphatic rings. The molecule has 0 spiro atoms. The van der Waals surface area contributed by atoms with E-state index in [2.05, 4.69) is 5.32 Å². The first-order valence-corrected chi connectivity index (χ1v) is 8.65. The number of hydrogen-bond acceptors (Lipinski definition) is 4. The minimum atomic E-state index is -3.52. The van der Waals surface area contributed by atoms with Crippen LogP contribution in [0, 0.1) is 5.82 Å². The van der Waals surface area contributed by atoms with E-state index in [0.717, 1.165) is 16.6 Å². The number of halogens is 2. The molecule has 1 aromatic rings. The maximum Gasteiger partial charge on any atom is 0.239 e. The number of carbonyl (C=O) groups excluding carboxylic acids is 1. The Kier molecular flexibility index (Phi) is 7.21. The van der Waals surface area contributed by atoms with Crippen molar-refractivity contribution in [3.05, 3.63) is 29.0 Å². The molecule has 0 bridgehead atoms. The summed E-state index contributed by atoms with van der Waals surface area (Å²) in [4.78, 5) is 11.9. The van der Waals surface area contributed by atoms with Gasteiger partial charge in [0.05, 0.1) is 17.8 Å². The molecule has 0 aliphatic heterocycles. The van der Waals surface area contributed by atoms with Gasteiger partial charge in [-0.2, -0.15) is 4.31 Å². The van der Waals surface area contributed by atoms with Crippen LogP contribution in [-0.4, -0.2) is 51.7 Å². The molecule has 1 aromatic carbocycles. The topological polar surface area (TPSA) is 75.7 Å². The molecule has 0 aliphatic carbocycles. The fraction of sp³-hybridized carbons (Fsp3) is 0.462. The SMILES string of the molecule is COCCCN(CC(=O)Nc1ccc(F)c(Cl)c1)S(C)(=O)=O. The van der Waals surface area contributed by atoms with E-state index in [0.29, 0.717) is 18.7 Å². The number of anilines is 1. The zero-order valence-electron chi connectivity index (χ0n) is 12.3. The molecule has 6 nitrogen and oxygen atoms in total. The van der Waals surface area contributed by atoms with E-state index >= 15 is 0 Å². The van der Waals surface area contributed by atoms with Gasteiger partial charge in [0.15, 0.2) is 0 Å². The number of methoxy groups -OCH3 is 1. The number of ether oxygens (including phenoxy) is 1. The third kappa shape index (κ3) is 6.27. The van der Waals surface area contributed by atoms with Crippen molar-refractivity contribution in [2.24, 2.45) is 0 Å². The van der Waals surface area contributed by atoms with Gasteiger partial charge in [0, 0.05) is 25.9 Å². The third-order valence-electron chi connectivity index (χ3n) is 2.75. The van der Waals surface area contributed by atoms with E-state index in [-0.39, 0.29) is 18.1 Å². The van der Waals surface area contributed by atoms with Crippen LogP contribution in [0.3, 0.4) is 0 Å². The van der Waals surface area contributed by atoms with Crippen molar-refractivity contribution in [1.82, 2.24) is 4.31 Å². The van der Waals surface area contributed by atoms with Crippen LogP contribution < -0.4 is 5.32 Å². The summed E-state index contributed by atoms with van der Waals surface area (Å²) in [6, 6.07) is 3.71. The van der Waals surface area contributed by atoms with E-state index in [1.807, 2.05) is 0 Å². The van der Waals surface area contributed by atoms with Crippen LogP contribution in [0.15, 0.2) is 18.2 Å². The van der Waals surface area contributed by atoms with Crippen molar-refractivity contribution in [2.45, 2.75) is 6.42 Å². The maximum absolute atomic E-state index is 13.0. The lowest BCUT2D eigenvalue weighted by molar-refractivity contribution is -0.116. The Morgan fingerprint density at radius 3 is 2.68 bits per heavy atom. The molecule has 0 atom stereocenters. The van der Waals surface area contributed by atoms with Crippen LogP contribution >= 0.6 is 11.6 Å². The van der Waals surface area contributed by atoms with Gasteiger partial charge in [-0.3, -0.25) is 4.79 Å². The summed E-state index contributed by atoms with van der Waals surface area (Å²) in [6.07, 6.45) is 1.50. The molecule has 1 amide bonds. The van der Waals surface area contributed by atoms with Crippen molar-refractivity contribution in [3.8, 4) is 0 Å². The molecule has 22 heavy (non-hydrogen) atoms. The van der Waals surface area contributed by atoms with Gasteiger partial charge in [-0.25, -0.2) is 12.8 Å². The van der Waals surface area contributed by atoms with Crippen LogP contribution in [-0.2, 0) is 19.6 Å². The second-order valence-corrected chi connectivity index (χ2v) is 7.01. The zero-order chi connectivity index (χ0) is 16.8. The summed E-state index contributed by atoms with van der Waals surface area (Å²) in [5, 5.41) is 2.35.